The number of halogens is 3. The van der Waals surface area contributed by atoms with Gasteiger partial charge in [0.1, 0.15) is 17.6 Å². The molecule has 5 nitrogen and oxygen atoms in total. The zero-order chi connectivity index (χ0) is 19.7. The van der Waals surface area contributed by atoms with Crippen LogP contribution in [0.15, 0.2) is 36.4 Å². The molecule has 1 aliphatic rings. The Balaban J connectivity index is 1.78. The minimum absolute atomic E-state index is 0.0432. The second kappa shape index (κ2) is 7.15. The molecule has 1 saturated carbocycles. The molecule has 144 valence electrons. The third-order valence-electron chi connectivity index (χ3n) is 5.00. The Labute approximate surface area is 159 Å². The van der Waals surface area contributed by atoms with Gasteiger partial charge in [0.05, 0.1) is 5.56 Å². The molecule has 0 amide bonds. The molecule has 2 aromatic heterocycles. The maximum atomic E-state index is 13.1. The van der Waals surface area contributed by atoms with Crippen LogP contribution in [0.25, 0.3) is 16.9 Å². The number of imidazole rings is 1. The summed E-state index contributed by atoms with van der Waals surface area (Å²) in [6.45, 7) is 0. The highest BCUT2D eigenvalue weighted by atomic mass is 19.4. The molecule has 8 heteroatoms. The Hall–Kier alpha value is -3.08. The standard InChI is InChI=1S/C20H18F3N5/c21-20(22,23)14-6-4-5-13(11-14)19-16(12-24)26-18-10-9-17(27-28(18)19)25-15-7-2-1-3-8-15/h4-6,9-11,15H,1-3,7-8H2,(H,25,27). The Morgan fingerprint density at radius 1 is 1.11 bits per heavy atom. The number of nitrogens with zero attached hydrogens (tertiary/aromatic N) is 4. The molecule has 0 unspecified atom stereocenters. The summed E-state index contributed by atoms with van der Waals surface area (Å²) < 4.78 is 40.8. The van der Waals surface area contributed by atoms with Gasteiger partial charge in [0.2, 0.25) is 0 Å². The van der Waals surface area contributed by atoms with E-state index < -0.39 is 11.7 Å². The van der Waals surface area contributed by atoms with Crippen LogP contribution in [0.3, 0.4) is 0 Å². The minimum Gasteiger partial charge on any atom is -0.366 e. The van der Waals surface area contributed by atoms with Gasteiger partial charge < -0.3 is 5.32 Å². The Kier molecular flexibility index (Phi) is 4.67. The first-order valence-corrected chi connectivity index (χ1v) is 9.20. The highest BCUT2D eigenvalue weighted by molar-refractivity contribution is 5.70. The smallest absolute Gasteiger partial charge is 0.366 e. The summed E-state index contributed by atoms with van der Waals surface area (Å²) in [4.78, 5) is 4.22. The topological polar surface area (TPSA) is 66.0 Å². The van der Waals surface area contributed by atoms with E-state index >= 15 is 0 Å². The van der Waals surface area contributed by atoms with Crippen LogP contribution in [0.4, 0.5) is 19.0 Å². The summed E-state index contributed by atoms with van der Waals surface area (Å²) in [6, 6.07) is 10.7. The zero-order valence-electron chi connectivity index (χ0n) is 15.0. The first kappa shape index (κ1) is 18.3. The number of alkyl halides is 3. The molecule has 28 heavy (non-hydrogen) atoms. The number of rotatable bonds is 3. The number of nitrogens with one attached hydrogen (secondary N) is 1. The lowest BCUT2D eigenvalue weighted by atomic mass is 9.95. The SMILES string of the molecule is N#Cc1nc2ccc(NC3CCCCC3)nn2c1-c1cccc(C(F)(F)F)c1. The van der Waals surface area contributed by atoms with Crippen molar-refractivity contribution in [3.63, 3.8) is 0 Å². The average molecular weight is 385 g/mol. The molecule has 1 aliphatic carbocycles. The normalized spacial score (nSPS) is 15.5. The molecular weight excluding hydrogens is 367 g/mol. The maximum absolute atomic E-state index is 13.1. The summed E-state index contributed by atoms with van der Waals surface area (Å²) in [5, 5.41) is 17.4. The van der Waals surface area contributed by atoms with E-state index in [1.807, 2.05) is 6.07 Å². The van der Waals surface area contributed by atoms with Gasteiger partial charge in [-0.3, -0.25) is 0 Å². The van der Waals surface area contributed by atoms with E-state index in [4.69, 9.17) is 0 Å². The number of aromatic nitrogens is 3. The molecule has 2 heterocycles. The van der Waals surface area contributed by atoms with E-state index in [9.17, 15) is 18.4 Å². The van der Waals surface area contributed by atoms with Crippen LogP contribution in [0.5, 0.6) is 0 Å². The van der Waals surface area contributed by atoms with Gasteiger partial charge in [-0.15, -0.1) is 5.10 Å². The van der Waals surface area contributed by atoms with E-state index in [1.165, 1.54) is 35.9 Å². The third-order valence-corrected chi connectivity index (χ3v) is 5.00. The van der Waals surface area contributed by atoms with Gasteiger partial charge in [-0.05, 0) is 37.1 Å². The van der Waals surface area contributed by atoms with Crippen LogP contribution >= 0.6 is 0 Å². The van der Waals surface area contributed by atoms with Gasteiger partial charge >= 0.3 is 6.18 Å². The number of benzene rings is 1. The van der Waals surface area contributed by atoms with Gasteiger partial charge in [-0.1, -0.05) is 31.4 Å². The fourth-order valence-electron chi connectivity index (χ4n) is 3.65. The van der Waals surface area contributed by atoms with Crippen molar-refractivity contribution >= 4 is 11.5 Å². The lowest BCUT2D eigenvalue weighted by Gasteiger charge is -2.23. The summed E-state index contributed by atoms with van der Waals surface area (Å²) in [6.07, 6.45) is 1.22. The minimum atomic E-state index is -4.47. The number of hydrogen-bond donors (Lipinski definition) is 1. The molecule has 1 aromatic carbocycles. The van der Waals surface area contributed by atoms with Crippen molar-refractivity contribution in [1.82, 2.24) is 14.6 Å². The largest absolute Gasteiger partial charge is 0.416 e. The molecule has 0 radical (unpaired) electrons. The van der Waals surface area contributed by atoms with Crippen LogP contribution in [0.1, 0.15) is 43.4 Å². The first-order valence-electron chi connectivity index (χ1n) is 9.20. The molecule has 0 atom stereocenters. The van der Waals surface area contributed by atoms with Gasteiger partial charge in [-0.2, -0.15) is 18.4 Å². The molecule has 4 rings (SSSR count). The van der Waals surface area contributed by atoms with Crippen molar-refractivity contribution in [3.8, 4) is 17.3 Å². The van der Waals surface area contributed by atoms with Crippen molar-refractivity contribution in [2.24, 2.45) is 0 Å². The average Bonchev–Trinajstić information content (AvgIpc) is 3.06. The van der Waals surface area contributed by atoms with Gasteiger partial charge in [0.15, 0.2) is 11.3 Å². The molecule has 0 saturated heterocycles. The highest BCUT2D eigenvalue weighted by Gasteiger charge is 2.31. The third kappa shape index (κ3) is 3.52. The molecule has 0 spiro atoms. The summed E-state index contributed by atoms with van der Waals surface area (Å²) in [5.41, 5.74) is 0.192. The lowest BCUT2D eigenvalue weighted by Crippen LogP contribution is -2.23. The van der Waals surface area contributed by atoms with Crippen molar-refractivity contribution in [2.45, 2.75) is 44.3 Å². The Morgan fingerprint density at radius 2 is 1.89 bits per heavy atom. The van der Waals surface area contributed by atoms with Crippen LogP contribution in [0, 0.1) is 11.3 Å². The Morgan fingerprint density at radius 3 is 2.61 bits per heavy atom. The van der Waals surface area contributed by atoms with E-state index in [0.29, 0.717) is 17.5 Å². The fourth-order valence-corrected chi connectivity index (χ4v) is 3.65. The summed E-state index contributed by atoms with van der Waals surface area (Å²) in [5.74, 6) is 0.620. The number of anilines is 1. The quantitative estimate of drug-likeness (QED) is 0.687. The summed E-state index contributed by atoms with van der Waals surface area (Å²) >= 11 is 0. The van der Waals surface area contributed by atoms with Gasteiger partial charge in [0, 0.05) is 11.6 Å². The molecule has 0 bridgehead atoms. The second-order valence-corrected chi connectivity index (χ2v) is 6.97. The second-order valence-electron chi connectivity index (χ2n) is 6.97. The number of hydrogen-bond acceptors (Lipinski definition) is 4. The van der Waals surface area contributed by atoms with Crippen molar-refractivity contribution in [2.75, 3.05) is 5.32 Å². The Bertz CT molecular complexity index is 1040. The van der Waals surface area contributed by atoms with Crippen LogP contribution < -0.4 is 5.32 Å². The summed E-state index contributed by atoms with van der Waals surface area (Å²) in [7, 11) is 0. The van der Waals surface area contributed by atoms with Crippen LogP contribution in [-0.2, 0) is 6.18 Å². The van der Waals surface area contributed by atoms with E-state index in [-0.39, 0.29) is 17.0 Å². The molecule has 1 fully saturated rings. The molecular formula is C20H18F3N5. The first-order chi connectivity index (χ1) is 13.5. The van der Waals surface area contributed by atoms with Gasteiger partial charge in [-0.25, -0.2) is 9.50 Å². The highest BCUT2D eigenvalue weighted by Crippen LogP contribution is 2.33. The van der Waals surface area contributed by atoms with Crippen LogP contribution in [0.2, 0.25) is 0 Å². The monoisotopic (exact) mass is 385 g/mol. The van der Waals surface area contributed by atoms with Crippen LogP contribution in [-0.4, -0.2) is 20.6 Å². The van der Waals surface area contributed by atoms with Crippen molar-refractivity contribution in [3.05, 3.63) is 47.7 Å². The zero-order valence-corrected chi connectivity index (χ0v) is 15.0. The number of fused-ring (bicyclic) bond motifs is 1. The lowest BCUT2D eigenvalue weighted by molar-refractivity contribution is -0.137. The van der Waals surface area contributed by atoms with E-state index in [0.717, 1.165) is 25.0 Å². The van der Waals surface area contributed by atoms with Crippen molar-refractivity contribution < 1.29 is 13.2 Å². The van der Waals surface area contributed by atoms with Crippen molar-refractivity contribution in [1.29, 1.82) is 5.26 Å². The predicted molar refractivity (Wildman–Crippen MR) is 98.6 cm³/mol. The van der Waals surface area contributed by atoms with Gasteiger partial charge in [0.25, 0.3) is 0 Å². The number of nitriles is 1. The predicted octanol–water partition coefficient (Wildman–Crippen LogP) is 5.03. The molecule has 1 N–H and O–H groups in total. The van der Waals surface area contributed by atoms with E-state index in [1.54, 1.807) is 12.1 Å². The van der Waals surface area contributed by atoms with E-state index in [2.05, 4.69) is 15.4 Å². The fraction of sp³-hybridized carbons (Fsp3) is 0.350. The molecule has 3 aromatic rings. The maximum Gasteiger partial charge on any atom is 0.416 e. The molecule has 0 aliphatic heterocycles.